The van der Waals surface area contributed by atoms with Gasteiger partial charge in [0.25, 0.3) is 0 Å². The number of allylic oxidation sites excluding steroid dienone is 3. The molecule has 0 radical (unpaired) electrons. The highest BCUT2D eigenvalue weighted by atomic mass is 16.6. The summed E-state index contributed by atoms with van der Waals surface area (Å²) >= 11 is 0. The van der Waals surface area contributed by atoms with E-state index in [0.717, 1.165) is 32.0 Å². The van der Waals surface area contributed by atoms with E-state index >= 15 is 0 Å². The molecule has 0 saturated heterocycles. The smallest absolute Gasteiger partial charge is 0.333 e. The summed E-state index contributed by atoms with van der Waals surface area (Å²) in [6.07, 6.45) is 6.19. The number of rotatable bonds is 4. The summed E-state index contributed by atoms with van der Waals surface area (Å²) in [5.74, 6) is -0.489. The fourth-order valence-electron chi connectivity index (χ4n) is 11.3. The number of carbonyl (C=O) groups excluding carboxylic acids is 2. The Hall–Kier alpha value is -1.54. The molecule has 5 aliphatic rings. The Kier molecular flexibility index (Phi) is 7.58. The summed E-state index contributed by atoms with van der Waals surface area (Å²) in [6, 6.07) is 0. The lowest BCUT2D eigenvalue weighted by Crippen LogP contribution is -2.72. The first-order chi connectivity index (χ1) is 19.4. The summed E-state index contributed by atoms with van der Waals surface area (Å²) in [7, 11) is 0. The van der Waals surface area contributed by atoms with Gasteiger partial charge in [-0.1, -0.05) is 59.3 Å². The Labute approximate surface area is 251 Å². The van der Waals surface area contributed by atoms with Crippen LogP contribution >= 0.6 is 0 Å². The highest BCUT2D eigenvalue weighted by Gasteiger charge is 2.73. The molecular weight excluding hydrogens is 532 g/mol. The van der Waals surface area contributed by atoms with E-state index in [-0.39, 0.29) is 28.6 Å². The minimum Gasteiger partial charge on any atom is -0.455 e. The standard InChI is InChI=1S/C35H54O7/c1-9-20(2)29(41)42-28-27(40)30(3,4)16-22-21-10-11-24-31(5)14-13-25(38)32(6,18-36)23(31)12-15-33(24,7)34(21,8)17-26(39)35(22,28)19-37/h9-10,18,22-28,37-40H,11-17,19H2,1-8H3. The first kappa shape index (κ1) is 31.9. The monoisotopic (exact) mass is 586 g/mol. The van der Waals surface area contributed by atoms with E-state index in [1.54, 1.807) is 19.9 Å². The van der Waals surface area contributed by atoms with Crippen molar-refractivity contribution in [2.45, 2.75) is 125 Å². The lowest BCUT2D eigenvalue weighted by atomic mass is 9.33. The maximum atomic E-state index is 13.1. The van der Waals surface area contributed by atoms with Gasteiger partial charge in [0.15, 0.2) is 0 Å². The van der Waals surface area contributed by atoms with Crippen LogP contribution < -0.4 is 0 Å². The highest BCUT2D eigenvalue weighted by Crippen LogP contribution is 2.75. The molecule has 4 fully saturated rings. The predicted molar refractivity (Wildman–Crippen MR) is 160 cm³/mol. The van der Waals surface area contributed by atoms with Crippen molar-refractivity contribution < 1.29 is 34.8 Å². The van der Waals surface area contributed by atoms with Gasteiger partial charge in [-0.05, 0) is 98.2 Å². The Morgan fingerprint density at radius 3 is 2.26 bits per heavy atom. The SMILES string of the molecule is CC=C(C)C(=O)OC1C(O)C(C)(C)CC2C3=CCC4C5(C)CCC(O)C(C)(C=O)C5CCC4(C)C3(C)CC(O)C21CO. The molecule has 12 unspecified atom stereocenters. The molecule has 0 aliphatic heterocycles. The second kappa shape index (κ2) is 9.98. The Morgan fingerprint density at radius 2 is 1.67 bits per heavy atom. The molecule has 42 heavy (non-hydrogen) atoms. The van der Waals surface area contributed by atoms with E-state index in [1.807, 2.05) is 20.8 Å². The van der Waals surface area contributed by atoms with Crippen LogP contribution in [0.3, 0.4) is 0 Å². The molecule has 0 bridgehead atoms. The van der Waals surface area contributed by atoms with Crippen molar-refractivity contribution in [1.82, 2.24) is 0 Å². The van der Waals surface area contributed by atoms with E-state index < -0.39 is 58.7 Å². The maximum absolute atomic E-state index is 13.1. The van der Waals surface area contributed by atoms with Crippen molar-refractivity contribution in [2.75, 3.05) is 6.61 Å². The average molecular weight is 587 g/mol. The molecule has 4 saturated carbocycles. The quantitative estimate of drug-likeness (QED) is 0.162. The lowest BCUT2D eigenvalue weighted by molar-refractivity contribution is -0.261. The van der Waals surface area contributed by atoms with Crippen LogP contribution in [0.2, 0.25) is 0 Å². The number of esters is 1. The van der Waals surface area contributed by atoms with Crippen LogP contribution in [0.5, 0.6) is 0 Å². The molecule has 5 aliphatic carbocycles. The van der Waals surface area contributed by atoms with Gasteiger partial charge >= 0.3 is 5.97 Å². The van der Waals surface area contributed by atoms with Gasteiger partial charge in [0, 0.05) is 5.57 Å². The molecule has 0 aromatic rings. The van der Waals surface area contributed by atoms with Gasteiger partial charge in [-0.15, -0.1) is 0 Å². The average Bonchev–Trinajstić information content (AvgIpc) is 2.93. The van der Waals surface area contributed by atoms with Gasteiger partial charge in [-0.3, -0.25) is 0 Å². The van der Waals surface area contributed by atoms with Crippen molar-refractivity contribution in [1.29, 1.82) is 0 Å². The van der Waals surface area contributed by atoms with Crippen LogP contribution in [-0.2, 0) is 14.3 Å². The number of aldehydes is 1. The number of fused-ring (bicyclic) bond motifs is 7. The Balaban J connectivity index is 1.63. The molecule has 236 valence electrons. The van der Waals surface area contributed by atoms with Crippen LogP contribution in [0.25, 0.3) is 0 Å². The molecule has 7 nitrogen and oxygen atoms in total. The van der Waals surface area contributed by atoms with E-state index in [9.17, 15) is 30.0 Å². The molecule has 0 amide bonds. The van der Waals surface area contributed by atoms with Gasteiger partial charge in [0.2, 0.25) is 0 Å². The third-order valence-electron chi connectivity index (χ3n) is 14.3. The van der Waals surface area contributed by atoms with Crippen LogP contribution in [0.4, 0.5) is 0 Å². The zero-order valence-corrected chi connectivity index (χ0v) is 26.9. The molecule has 4 N–H and O–H groups in total. The molecule has 7 heteroatoms. The zero-order chi connectivity index (χ0) is 31.3. The minimum absolute atomic E-state index is 0.0790. The summed E-state index contributed by atoms with van der Waals surface area (Å²) in [5, 5.41) is 45.9. The molecular formula is C35H54O7. The van der Waals surface area contributed by atoms with E-state index in [0.29, 0.717) is 24.8 Å². The highest BCUT2D eigenvalue weighted by molar-refractivity contribution is 5.87. The number of hydrogen-bond donors (Lipinski definition) is 4. The number of ether oxygens (including phenoxy) is 1. The van der Waals surface area contributed by atoms with Crippen LogP contribution in [0.1, 0.15) is 100 Å². The zero-order valence-electron chi connectivity index (χ0n) is 26.9. The molecule has 0 aromatic heterocycles. The first-order valence-electron chi connectivity index (χ1n) is 16.1. The fraction of sp³-hybridized carbons (Fsp3) is 0.829. The van der Waals surface area contributed by atoms with Gasteiger partial charge in [-0.25, -0.2) is 4.79 Å². The molecule has 0 aromatic carbocycles. The predicted octanol–water partition coefficient (Wildman–Crippen LogP) is 4.75. The second-order valence-corrected chi connectivity index (χ2v) is 16.3. The Morgan fingerprint density at radius 1 is 1.00 bits per heavy atom. The van der Waals surface area contributed by atoms with Crippen LogP contribution in [-0.4, -0.2) is 63.7 Å². The summed E-state index contributed by atoms with van der Waals surface area (Å²) in [6.45, 7) is 15.9. The van der Waals surface area contributed by atoms with Crippen molar-refractivity contribution in [3.63, 3.8) is 0 Å². The molecule has 0 spiro atoms. The topological polar surface area (TPSA) is 124 Å². The number of carbonyl (C=O) groups is 2. The van der Waals surface area contributed by atoms with E-state index in [1.165, 1.54) is 5.57 Å². The molecule has 0 heterocycles. The number of aliphatic hydroxyl groups excluding tert-OH is 4. The van der Waals surface area contributed by atoms with Gasteiger partial charge in [-0.2, -0.15) is 0 Å². The van der Waals surface area contributed by atoms with Gasteiger partial charge in [0.05, 0.1) is 35.7 Å². The number of aliphatic hydroxyl groups is 4. The molecule has 12 atom stereocenters. The van der Waals surface area contributed by atoms with Crippen molar-refractivity contribution >= 4 is 12.3 Å². The Bertz CT molecular complexity index is 1190. The van der Waals surface area contributed by atoms with Crippen molar-refractivity contribution in [3.8, 4) is 0 Å². The third kappa shape index (κ3) is 3.85. The summed E-state index contributed by atoms with van der Waals surface area (Å²) < 4.78 is 6.04. The minimum atomic E-state index is -1.22. The van der Waals surface area contributed by atoms with Gasteiger partial charge in [0.1, 0.15) is 12.4 Å². The van der Waals surface area contributed by atoms with E-state index in [2.05, 4.69) is 26.8 Å². The normalized spacial score (nSPS) is 51.7. The van der Waals surface area contributed by atoms with Crippen molar-refractivity contribution in [3.05, 3.63) is 23.3 Å². The van der Waals surface area contributed by atoms with Crippen molar-refractivity contribution in [2.24, 2.45) is 50.2 Å². The third-order valence-corrected chi connectivity index (χ3v) is 14.3. The molecule has 5 rings (SSSR count). The number of hydrogen-bond acceptors (Lipinski definition) is 7. The summed E-state index contributed by atoms with van der Waals surface area (Å²) in [5.41, 5.74) is -1.72. The van der Waals surface area contributed by atoms with Crippen LogP contribution in [0, 0.1) is 50.2 Å². The summed E-state index contributed by atoms with van der Waals surface area (Å²) in [4.78, 5) is 25.5. The second-order valence-electron chi connectivity index (χ2n) is 16.3. The lowest BCUT2D eigenvalue weighted by Gasteiger charge is -2.72. The maximum Gasteiger partial charge on any atom is 0.333 e. The first-order valence-corrected chi connectivity index (χ1v) is 16.1. The fourth-order valence-corrected chi connectivity index (χ4v) is 11.3. The largest absolute Gasteiger partial charge is 0.455 e. The van der Waals surface area contributed by atoms with E-state index in [4.69, 9.17) is 4.74 Å². The van der Waals surface area contributed by atoms with Crippen LogP contribution in [0.15, 0.2) is 23.3 Å². The van der Waals surface area contributed by atoms with Gasteiger partial charge < -0.3 is 30.0 Å².